The topological polar surface area (TPSA) is 86.6 Å². The van der Waals surface area contributed by atoms with Crippen LogP contribution in [0.1, 0.15) is 22.3 Å². The minimum absolute atomic E-state index is 0.0173. The highest BCUT2D eigenvalue weighted by Crippen LogP contribution is 2.17. The van der Waals surface area contributed by atoms with E-state index in [1.165, 1.54) is 0 Å². The maximum atomic E-state index is 11.8. The lowest BCUT2D eigenvalue weighted by atomic mass is 10.1. The van der Waals surface area contributed by atoms with Crippen molar-refractivity contribution in [2.45, 2.75) is 19.4 Å². The third kappa shape index (κ3) is 3.82. The Hall–Kier alpha value is -1.40. The zero-order valence-electron chi connectivity index (χ0n) is 9.81. The molecule has 1 aromatic carbocycles. The number of hydrogen-bond acceptors (Lipinski definition) is 3. The Kier molecular flexibility index (Phi) is 5.30. The second kappa shape index (κ2) is 6.51. The molecular weight excluding hydrogens is 302 g/mol. The van der Waals surface area contributed by atoms with Gasteiger partial charge in [-0.05, 0) is 30.7 Å². The minimum Gasteiger partial charge on any atom is -0.480 e. The first-order valence-corrected chi connectivity index (χ1v) is 6.15. The van der Waals surface area contributed by atoms with Gasteiger partial charge in [-0.25, -0.2) is 4.79 Å². The molecule has 0 bridgehead atoms. The summed E-state index contributed by atoms with van der Waals surface area (Å²) in [4.78, 5) is 22.7. The molecule has 1 unspecified atom stereocenters. The molecule has 1 aromatic rings. The molecule has 1 rings (SSSR count). The highest BCUT2D eigenvalue weighted by molar-refractivity contribution is 9.10. The fourth-order valence-corrected chi connectivity index (χ4v) is 1.66. The van der Waals surface area contributed by atoms with Gasteiger partial charge in [0.05, 0.1) is 0 Å². The number of carboxylic acid groups (broad SMARTS) is 1. The molecule has 98 valence electrons. The van der Waals surface area contributed by atoms with Crippen LogP contribution in [0.15, 0.2) is 22.7 Å². The fourth-order valence-electron chi connectivity index (χ4n) is 1.41. The van der Waals surface area contributed by atoms with Gasteiger partial charge in [0.25, 0.3) is 5.91 Å². The first-order valence-electron chi connectivity index (χ1n) is 5.36. The SMILES string of the molecule is Cc1cc(C(=O)NC(CCO)C(=O)O)ccc1Br. The van der Waals surface area contributed by atoms with E-state index < -0.39 is 17.9 Å². The summed E-state index contributed by atoms with van der Waals surface area (Å²) in [6.07, 6.45) is -0.0173. The lowest BCUT2D eigenvalue weighted by molar-refractivity contribution is -0.139. The second-order valence-corrected chi connectivity index (χ2v) is 4.69. The number of aliphatic hydroxyl groups is 1. The predicted molar refractivity (Wildman–Crippen MR) is 69.5 cm³/mol. The van der Waals surface area contributed by atoms with E-state index in [1.807, 2.05) is 6.92 Å². The maximum Gasteiger partial charge on any atom is 0.326 e. The molecule has 0 saturated heterocycles. The summed E-state index contributed by atoms with van der Waals surface area (Å²) in [5.41, 5.74) is 1.27. The summed E-state index contributed by atoms with van der Waals surface area (Å²) in [6.45, 7) is 1.54. The Labute approximate surface area is 113 Å². The Bertz CT molecular complexity index is 461. The monoisotopic (exact) mass is 315 g/mol. The van der Waals surface area contributed by atoms with E-state index in [4.69, 9.17) is 10.2 Å². The number of hydrogen-bond donors (Lipinski definition) is 3. The van der Waals surface area contributed by atoms with Crippen molar-refractivity contribution in [2.24, 2.45) is 0 Å². The third-order valence-electron chi connectivity index (χ3n) is 2.44. The summed E-state index contributed by atoms with van der Waals surface area (Å²) >= 11 is 3.32. The van der Waals surface area contributed by atoms with Crippen molar-refractivity contribution in [1.29, 1.82) is 0 Å². The number of carbonyl (C=O) groups excluding carboxylic acids is 1. The summed E-state index contributed by atoms with van der Waals surface area (Å²) in [5.74, 6) is -1.63. The van der Waals surface area contributed by atoms with Gasteiger partial charge in [-0.1, -0.05) is 15.9 Å². The van der Waals surface area contributed by atoms with Gasteiger partial charge in [-0.15, -0.1) is 0 Å². The van der Waals surface area contributed by atoms with E-state index in [-0.39, 0.29) is 13.0 Å². The van der Waals surface area contributed by atoms with Crippen molar-refractivity contribution in [3.05, 3.63) is 33.8 Å². The third-order valence-corrected chi connectivity index (χ3v) is 3.33. The number of carboxylic acids is 1. The first kappa shape index (κ1) is 14.7. The number of carbonyl (C=O) groups is 2. The molecule has 6 heteroatoms. The number of rotatable bonds is 5. The van der Waals surface area contributed by atoms with Crippen LogP contribution in [-0.2, 0) is 4.79 Å². The molecule has 5 nitrogen and oxygen atoms in total. The number of aliphatic carboxylic acids is 1. The molecule has 0 saturated carbocycles. The van der Waals surface area contributed by atoms with E-state index in [0.717, 1.165) is 10.0 Å². The molecule has 0 heterocycles. The van der Waals surface area contributed by atoms with E-state index in [2.05, 4.69) is 21.2 Å². The van der Waals surface area contributed by atoms with Gasteiger partial charge in [-0.2, -0.15) is 0 Å². The van der Waals surface area contributed by atoms with Crippen LogP contribution in [0.2, 0.25) is 0 Å². The van der Waals surface area contributed by atoms with Crippen LogP contribution in [0.3, 0.4) is 0 Å². The molecule has 0 aliphatic carbocycles. The molecule has 0 aliphatic heterocycles. The number of amides is 1. The van der Waals surface area contributed by atoms with Crippen molar-refractivity contribution in [3.8, 4) is 0 Å². The van der Waals surface area contributed by atoms with Crippen molar-refractivity contribution >= 4 is 27.8 Å². The first-order chi connectivity index (χ1) is 8.45. The smallest absolute Gasteiger partial charge is 0.326 e. The van der Waals surface area contributed by atoms with Crippen LogP contribution in [0, 0.1) is 6.92 Å². The highest BCUT2D eigenvalue weighted by atomic mass is 79.9. The number of nitrogens with one attached hydrogen (secondary N) is 1. The maximum absolute atomic E-state index is 11.8. The molecule has 1 atom stereocenters. The van der Waals surface area contributed by atoms with E-state index >= 15 is 0 Å². The lowest BCUT2D eigenvalue weighted by Crippen LogP contribution is -2.41. The molecule has 1 amide bonds. The van der Waals surface area contributed by atoms with Gasteiger partial charge < -0.3 is 15.5 Å². The van der Waals surface area contributed by atoms with Crippen LogP contribution in [0.25, 0.3) is 0 Å². The van der Waals surface area contributed by atoms with Gasteiger partial charge in [0, 0.05) is 23.1 Å². The summed E-state index contributed by atoms with van der Waals surface area (Å²) in [5, 5.41) is 20.0. The van der Waals surface area contributed by atoms with Crippen LogP contribution < -0.4 is 5.32 Å². The van der Waals surface area contributed by atoms with Gasteiger partial charge in [0.15, 0.2) is 0 Å². The van der Waals surface area contributed by atoms with Gasteiger partial charge >= 0.3 is 5.97 Å². The Morgan fingerprint density at radius 3 is 2.61 bits per heavy atom. The van der Waals surface area contributed by atoms with Crippen molar-refractivity contribution in [2.75, 3.05) is 6.61 Å². The predicted octanol–water partition coefficient (Wildman–Crippen LogP) is 1.32. The highest BCUT2D eigenvalue weighted by Gasteiger charge is 2.20. The van der Waals surface area contributed by atoms with E-state index in [0.29, 0.717) is 5.56 Å². The molecule has 0 aromatic heterocycles. The van der Waals surface area contributed by atoms with E-state index in [9.17, 15) is 9.59 Å². The lowest BCUT2D eigenvalue weighted by Gasteiger charge is -2.13. The van der Waals surface area contributed by atoms with Crippen molar-refractivity contribution in [1.82, 2.24) is 5.32 Å². The van der Waals surface area contributed by atoms with Crippen LogP contribution >= 0.6 is 15.9 Å². The van der Waals surface area contributed by atoms with Gasteiger partial charge in [-0.3, -0.25) is 4.79 Å². The van der Waals surface area contributed by atoms with Gasteiger partial charge in [0.2, 0.25) is 0 Å². The quantitative estimate of drug-likeness (QED) is 0.765. The molecule has 18 heavy (non-hydrogen) atoms. The Morgan fingerprint density at radius 2 is 2.11 bits per heavy atom. The van der Waals surface area contributed by atoms with E-state index in [1.54, 1.807) is 18.2 Å². The molecule has 3 N–H and O–H groups in total. The fraction of sp³-hybridized carbons (Fsp3) is 0.333. The van der Waals surface area contributed by atoms with Crippen molar-refractivity contribution < 1.29 is 19.8 Å². The van der Waals surface area contributed by atoms with Crippen molar-refractivity contribution in [3.63, 3.8) is 0 Å². The van der Waals surface area contributed by atoms with Crippen LogP contribution in [0.5, 0.6) is 0 Å². The van der Waals surface area contributed by atoms with Crippen LogP contribution in [0.4, 0.5) is 0 Å². The zero-order valence-corrected chi connectivity index (χ0v) is 11.4. The number of aryl methyl sites for hydroxylation is 1. The number of halogens is 1. The van der Waals surface area contributed by atoms with Crippen LogP contribution in [-0.4, -0.2) is 34.7 Å². The number of aliphatic hydroxyl groups excluding tert-OH is 1. The Balaban J connectivity index is 2.80. The Morgan fingerprint density at radius 1 is 1.44 bits per heavy atom. The number of benzene rings is 1. The minimum atomic E-state index is -1.16. The zero-order chi connectivity index (χ0) is 13.7. The normalized spacial score (nSPS) is 11.9. The molecule has 0 radical (unpaired) electrons. The summed E-state index contributed by atoms with van der Waals surface area (Å²) in [7, 11) is 0. The molecule has 0 spiro atoms. The average molecular weight is 316 g/mol. The standard InChI is InChI=1S/C12H14BrNO4/c1-7-6-8(2-3-9(7)13)11(16)14-10(4-5-15)12(17)18/h2-3,6,10,15H,4-5H2,1H3,(H,14,16)(H,17,18). The summed E-state index contributed by atoms with van der Waals surface area (Å²) < 4.78 is 0.879. The molecule has 0 aliphatic rings. The second-order valence-electron chi connectivity index (χ2n) is 3.84. The largest absolute Gasteiger partial charge is 0.480 e. The molecule has 0 fully saturated rings. The summed E-state index contributed by atoms with van der Waals surface area (Å²) in [6, 6.07) is 3.92. The van der Waals surface area contributed by atoms with Gasteiger partial charge in [0.1, 0.15) is 6.04 Å². The average Bonchev–Trinajstić information content (AvgIpc) is 2.31. The molecular formula is C12H14BrNO4.